The lowest BCUT2D eigenvalue weighted by Gasteiger charge is -2.25. The van der Waals surface area contributed by atoms with Crippen LogP contribution in [0, 0.1) is 0 Å². The summed E-state index contributed by atoms with van der Waals surface area (Å²) in [4.78, 5) is 61.0. The van der Waals surface area contributed by atoms with Crippen molar-refractivity contribution in [2.75, 3.05) is 6.54 Å². The minimum absolute atomic E-state index is 0.0725. The van der Waals surface area contributed by atoms with E-state index in [0.29, 0.717) is 24.9 Å². The van der Waals surface area contributed by atoms with E-state index in [1.54, 1.807) is 30.3 Å². The fourth-order valence-corrected chi connectivity index (χ4v) is 3.28. The zero-order valence-electron chi connectivity index (χ0n) is 20.1. The fourth-order valence-electron chi connectivity index (χ4n) is 3.28. The lowest BCUT2D eigenvalue weighted by atomic mass is 10.0. The second-order valence-corrected chi connectivity index (χ2v) is 8.37. The summed E-state index contributed by atoms with van der Waals surface area (Å²) < 4.78 is 0. The Morgan fingerprint density at radius 1 is 0.889 bits per heavy atom. The minimum atomic E-state index is -1.64. The molecule has 1 aromatic carbocycles. The van der Waals surface area contributed by atoms with Gasteiger partial charge >= 0.3 is 11.9 Å². The SMILES string of the molecule is CC(O)C(NC(=O)C(Cc1ccccc1)NC(=O)C(CC(=O)O)NC(=O)C(N)CCCCN)C(=O)O. The summed E-state index contributed by atoms with van der Waals surface area (Å²) in [5, 5.41) is 35.1. The lowest BCUT2D eigenvalue weighted by molar-refractivity contribution is -0.145. The standard InChI is InChI=1S/C23H35N5O8/c1-13(29)19(23(35)36)28-22(34)16(11-14-7-3-2-4-8-14)27-21(33)17(12-18(30)31)26-20(32)15(25)9-5-6-10-24/h2-4,7-8,13,15-17,19,29H,5-6,9-12,24-25H2,1H3,(H,26,32)(H,27,33)(H,28,34)(H,30,31)(H,35,36). The summed E-state index contributed by atoms with van der Waals surface area (Å²) in [5.74, 6) is -5.49. The number of carbonyl (C=O) groups is 5. The minimum Gasteiger partial charge on any atom is -0.481 e. The average molecular weight is 510 g/mol. The Kier molecular flexibility index (Phi) is 13.1. The first-order valence-corrected chi connectivity index (χ1v) is 11.5. The van der Waals surface area contributed by atoms with Gasteiger partial charge in [0.2, 0.25) is 17.7 Å². The van der Waals surface area contributed by atoms with Crippen LogP contribution in [0.1, 0.15) is 38.2 Å². The highest BCUT2D eigenvalue weighted by atomic mass is 16.4. The molecule has 0 aliphatic carbocycles. The fraction of sp³-hybridized carbons (Fsp3) is 0.522. The molecule has 3 amide bonds. The van der Waals surface area contributed by atoms with Crippen LogP contribution in [0.4, 0.5) is 0 Å². The van der Waals surface area contributed by atoms with Crippen LogP contribution < -0.4 is 27.4 Å². The summed E-state index contributed by atoms with van der Waals surface area (Å²) in [6.45, 7) is 1.60. The van der Waals surface area contributed by atoms with Crippen LogP contribution in [-0.4, -0.2) is 81.8 Å². The van der Waals surface area contributed by atoms with E-state index in [0.717, 1.165) is 0 Å². The van der Waals surface area contributed by atoms with Gasteiger partial charge in [0.25, 0.3) is 0 Å². The maximum atomic E-state index is 13.0. The molecule has 10 N–H and O–H groups in total. The van der Waals surface area contributed by atoms with Crippen molar-refractivity contribution in [2.45, 2.75) is 69.3 Å². The zero-order chi connectivity index (χ0) is 27.3. The molecule has 0 saturated heterocycles. The van der Waals surface area contributed by atoms with Gasteiger partial charge in [-0.1, -0.05) is 36.8 Å². The number of amides is 3. The van der Waals surface area contributed by atoms with Gasteiger partial charge in [0.05, 0.1) is 18.6 Å². The molecule has 0 fully saturated rings. The normalized spacial score (nSPS) is 15.0. The van der Waals surface area contributed by atoms with Crippen molar-refractivity contribution in [3.05, 3.63) is 35.9 Å². The molecule has 0 heterocycles. The molecule has 1 aromatic rings. The van der Waals surface area contributed by atoms with Crippen LogP contribution >= 0.6 is 0 Å². The third kappa shape index (κ3) is 10.8. The Hall–Kier alpha value is -3.55. The van der Waals surface area contributed by atoms with Gasteiger partial charge in [-0.25, -0.2) is 4.79 Å². The van der Waals surface area contributed by atoms with Crippen LogP contribution in [0.25, 0.3) is 0 Å². The number of nitrogens with two attached hydrogens (primary N) is 2. The highest BCUT2D eigenvalue weighted by molar-refractivity contribution is 5.95. The summed E-state index contributed by atoms with van der Waals surface area (Å²) in [6.07, 6.45) is -0.803. The first-order chi connectivity index (χ1) is 17.0. The van der Waals surface area contributed by atoms with Crippen molar-refractivity contribution in [3.63, 3.8) is 0 Å². The van der Waals surface area contributed by atoms with Gasteiger partial charge in [0.15, 0.2) is 6.04 Å². The van der Waals surface area contributed by atoms with E-state index in [2.05, 4.69) is 16.0 Å². The predicted octanol–water partition coefficient (Wildman–Crippen LogP) is -1.92. The molecule has 36 heavy (non-hydrogen) atoms. The number of nitrogens with one attached hydrogen (secondary N) is 3. The number of aliphatic hydroxyl groups is 1. The molecular weight excluding hydrogens is 474 g/mol. The first kappa shape index (κ1) is 30.5. The number of carboxylic acids is 2. The number of hydrogen-bond acceptors (Lipinski definition) is 8. The van der Waals surface area contributed by atoms with Gasteiger partial charge in [-0.05, 0) is 31.9 Å². The summed E-state index contributed by atoms with van der Waals surface area (Å²) >= 11 is 0. The molecule has 0 radical (unpaired) electrons. The molecular formula is C23H35N5O8. The van der Waals surface area contributed by atoms with Crippen LogP contribution in [-0.2, 0) is 30.4 Å². The number of benzene rings is 1. The van der Waals surface area contributed by atoms with E-state index in [4.69, 9.17) is 11.5 Å². The Balaban J connectivity index is 3.07. The van der Waals surface area contributed by atoms with Gasteiger partial charge in [0, 0.05) is 6.42 Å². The molecule has 5 atom stereocenters. The van der Waals surface area contributed by atoms with E-state index in [9.17, 15) is 39.3 Å². The Bertz CT molecular complexity index is 896. The van der Waals surface area contributed by atoms with Crippen molar-refractivity contribution in [1.82, 2.24) is 16.0 Å². The van der Waals surface area contributed by atoms with Crippen LogP contribution in [0.15, 0.2) is 30.3 Å². The van der Waals surface area contributed by atoms with E-state index in [1.165, 1.54) is 6.92 Å². The van der Waals surface area contributed by atoms with Crippen LogP contribution in [0.5, 0.6) is 0 Å². The third-order valence-corrected chi connectivity index (χ3v) is 5.28. The van der Waals surface area contributed by atoms with E-state index >= 15 is 0 Å². The van der Waals surface area contributed by atoms with Crippen LogP contribution in [0.2, 0.25) is 0 Å². The molecule has 0 aliphatic rings. The third-order valence-electron chi connectivity index (χ3n) is 5.28. The Labute approximate surface area is 208 Å². The molecule has 0 saturated carbocycles. The van der Waals surface area contributed by atoms with Crippen molar-refractivity contribution < 1.29 is 39.3 Å². The molecule has 13 nitrogen and oxygen atoms in total. The summed E-state index contributed by atoms with van der Waals surface area (Å²) in [5.41, 5.74) is 11.9. The van der Waals surface area contributed by atoms with Gasteiger partial charge in [-0.2, -0.15) is 0 Å². The molecule has 0 aliphatic heterocycles. The molecule has 5 unspecified atom stereocenters. The summed E-state index contributed by atoms with van der Waals surface area (Å²) in [7, 11) is 0. The second-order valence-electron chi connectivity index (χ2n) is 8.37. The number of aliphatic hydroxyl groups excluding tert-OH is 1. The van der Waals surface area contributed by atoms with Crippen LogP contribution in [0.3, 0.4) is 0 Å². The van der Waals surface area contributed by atoms with Crippen molar-refractivity contribution in [3.8, 4) is 0 Å². The van der Waals surface area contributed by atoms with E-state index in [-0.39, 0.29) is 12.8 Å². The number of carboxylic acid groups (broad SMARTS) is 2. The van der Waals surface area contributed by atoms with Gasteiger partial charge in [-0.15, -0.1) is 0 Å². The molecule has 0 bridgehead atoms. The highest BCUT2D eigenvalue weighted by Gasteiger charge is 2.32. The van der Waals surface area contributed by atoms with Gasteiger partial charge in [-0.3, -0.25) is 19.2 Å². The van der Waals surface area contributed by atoms with Crippen molar-refractivity contribution >= 4 is 29.7 Å². The smallest absolute Gasteiger partial charge is 0.328 e. The van der Waals surface area contributed by atoms with Crippen molar-refractivity contribution in [1.29, 1.82) is 0 Å². The molecule has 0 spiro atoms. The van der Waals surface area contributed by atoms with Crippen molar-refractivity contribution in [2.24, 2.45) is 11.5 Å². The monoisotopic (exact) mass is 509 g/mol. The van der Waals surface area contributed by atoms with E-state index < -0.39 is 66.4 Å². The number of unbranched alkanes of at least 4 members (excludes halogenated alkanes) is 1. The maximum absolute atomic E-state index is 13.0. The molecule has 13 heteroatoms. The number of hydrogen-bond donors (Lipinski definition) is 8. The number of aliphatic carboxylic acids is 2. The first-order valence-electron chi connectivity index (χ1n) is 11.5. The molecule has 1 rings (SSSR count). The highest BCUT2D eigenvalue weighted by Crippen LogP contribution is 2.07. The molecule has 200 valence electrons. The Morgan fingerprint density at radius 2 is 1.47 bits per heavy atom. The summed E-state index contributed by atoms with van der Waals surface area (Å²) in [6, 6.07) is 2.95. The predicted molar refractivity (Wildman–Crippen MR) is 128 cm³/mol. The average Bonchev–Trinajstić information content (AvgIpc) is 2.81. The lowest BCUT2D eigenvalue weighted by Crippen LogP contribution is -2.59. The molecule has 0 aromatic heterocycles. The number of rotatable bonds is 16. The Morgan fingerprint density at radius 3 is 2.00 bits per heavy atom. The quantitative estimate of drug-likeness (QED) is 0.115. The van der Waals surface area contributed by atoms with Gasteiger partial charge < -0.3 is 42.7 Å². The zero-order valence-corrected chi connectivity index (χ0v) is 20.1. The van der Waals surface area contributed by atoms with Gasteiger partial charge in [0.1, 0.15) is 12.1 Å². The van der Waals surface area contributed by atoms with E-state index in [1.807, 2.05) is 0 Å². The number of carbonyl (C=O) groups excluding carboxylic acids is 3. The largest absolute Gasteiger partial charge is 0.481 e. The maximum Gasteiger partial charge on any atom is 0.328 e. The second kappa shape index (κ2) is 15.4. The topological polar surface area (TPSA) is 234 Å².